The molecule has 0 saturated heterocycles. The van der Waals surface area contributed by atoms with Gasteiger partial charge in [-0.05, 0) is 60.9 Å². The van der Waals surface area contributed by atoms with Crippen molar-refractivity contribution in [1.82, 2.24) is 19.1 Å². The molecule has 0 aliphatic carbocycles. The average molecular weight is 421 g/mol. The number of ether oxygens (including phenoxy) is 1. The van der Waals surface area contributed by atoms with Gasteiger partial charge in [-0.25, -0.2) is 14.8 Å². The van der Waals surface area contributed by atoms with E-state index in [1.165, 1.54) is 16.3 Å². The van der Waals surface area contributed by atoms with Crippen LogP contribution in [0.4, 0.5) is 0 Å². The molecule has 4 rings (SSSR count). The summed E-state index contributed by atoms with van der Waals surface area (Å²) in [6, 6.07) is 17.1. The van der Waals surface area contributed by atoms with Crippen molar-refractivity contribution >= 4 is 11.6 Å². The van der Waals surface area contributed by atoms with E-state index >= 15 is 0 Å². The fourth-order valence-electron chi connectivity index (χ4n) is 3.23. The van der Waals surface area contributed by atoms with E-state index in [9.17, 15) is 4.79 Å². The lowest BCUT2D eigenvalue weighted by Crippen LogP contribution is -2.23. The van der Waals surface area contributed by atoms with E-state index in [-0.39, 0.29) is 11.8 Å². The smallest absolute Gasteiger partial charge is 0.352 e. The van der Waals surface area contributed by atoms with Gasteiger partial charge in [0.15, 0.2) is 0 Å². The summed E-state index contributed by atoms with van der Waals surface area (Å²) in [7, 11) is 0. The van der Waals surface area contributed by atoms with E-state index in [0.717, 1.165) is 29.3 Å². The molecule has 2 aromatic carbocycles. The van der Waals surface area contributed by atoms with Crippen LogP contribution in [0.2, 0.25) is 5.02 Å². The highest BCUT2D eigenvalue weighted by Gasteiger charge is 2.13. The molecule has 30 heavy (non-hydrogen) atoms. The van der Waals surface area contributed by atoms with Crippen LogP contribution in [-0.2, 0) is 13.0 Å². The number of benzene rings is 2. The Bertz CT molecular complexity index is 1120. The molecule has 0 spiro atoms. The summed E-state index contributed by atoms with van der Waals surface area (Å²) in [5.74, 6) is 0.747. The highest BCUT2D eigenvalue weighted by atomic mass is 35.5. The van der Waals surface area contributed by atoms with Gasteiger partial charge in [-0.1, -0.05) is 23.7 Å². The molecule has 7 heteroatoms. The quantitative estimate of drug-likeness (QED) is 0.429. The fraction of sp³-hybridized carbons (Fsp3) is 0.174. The number of hydrogen-bond donors (Lipinski definition) is 0. The number of imidazole rings is 1. The zero-order valence-corrected chi connectivity index (χ0v) is 17.0. The Balaban J connectivity index is 1.47. The predicted molar refractivity (Wildman–Crippen MR) is 116 cm³/mol. The van der Waals surface area contributed by atoms with Crippen LogP contribution >= 0.6 is 11.6 Å². The van der Waals surface area contributed by atoms with Gasteiger partial charge in [0.25, 0.3) is 0 Å². The molecule has 0 fully saturated rings. The third kappa shape index (κ3) is 5.15. The molecule has 1 unspecified atom stereocenters. The molecule has 0 amide bonds. The normalized spacial score (nSPS) is 11.9. The molecule has 6 nitrogen and oxygen atoms in total. The third-order valence-corrected chi connectivity index (χ3v) is 5.02. The molecule has 2 heterocycles. The van der Waals surface area contributed by atoms with Crippen molar-refractivity contribution in [3.05, 3.63) is 107 Å². The molecular formula is C23H21ClN4O2. The minimum absolute atomic E-state index is 0.0400. The van der Waals surface area contributed by atoms with Gasteiger partial charge >= 0.3 is 5.69 Å². The van der Waals surface area contributed by atoms with Crippen LogP contribution in [0.15, 0.2) is 90.5 Å². The van der Waals surface area contributed by atoms with Crippen LogP contribution in [0.5, 0.6) is 5.75 Å². The zero-order chi connectivity index (χ0) is 20.8. The van der Waals surface area contributed by atoms with Crippen molar-refractivity contribution in [2.24, 2.45) is 0 Å². The molecule has 0 aliphatic rings. The van der Waals surface area contributed by atoms with E-state index in [4.69, 9.17) is 16.3 Å². The molecule has 4 aromatic rings. The molecule has 0 saturated carbocycles. The first kappa shape index (κ1) is 19.9. The molecule has 152 valence electrons. The highest BCUT2D eigenvalue weighted by molar-refractivity contribution is 6.30. The Morgan fingerprint density at radius 2 is 1.80 bits per heavy atom. The van der Waals surface area contributed by atoms with Gasteiger partial charge in [-0.3, -0.25) is 4.57 Å². The van der Waals surface area contributed by atoms with Crippen molar-refractivity contribution in [3.63, 3.8) is 0 Å². The number of aryl methyl sites for hydroxylation is 1. The second kappa shape index (κ2) is 9.41. The van der Waals surface area contributed by atoms with Gasteiger partial charge in [0.05, 0.1) is 18.6 Å². The summed E-state index contributed by atoms with van der Waals surface area (Å²) in [5.41, 5.74) is 1.64. The molecule has 1 atom stereocenters. The topological polar surface area (TPSA) is 61.9 Å². The van der Waals surface area contributed by atoms with E-state index in [2.05, 4.69) is 9.97 Å². The van der Waals surface area contributed by atoms with Gasteiger partial charge < -0.3 is 9.30 Å². The summed E-state index contributed by atoms with van der Waals surface area (Å²) in [4.78, 5) is 19.8. The molecule has 0 radical (unpaired) electrons. The minimum atomic E-state index is -0.313. The Labute approximate surface area is 179 Å². The number of nitrogens with zero attached hydrogens (tertiary/aromatic N) is 4. The summed E-state index contributed by atoms with van der Waals surface area (Å²) in [6.07, 6.45) is 10.3. The van der Waals surface area contributed by atoms with Gasteiger partial charge in [0.1, 0.15) is 11.9 Å². The van der Waals surface area contributed by atoms with Crippen LogP contribution in [-0.4, -0.2) is 25.2 Å². The lowest BCUT2D eigenvalue weighted by molar-refractivity contribution is 0.170. The molecule has 0 N–H and O–H groups in total. The molecule has 2 aromatic heterocycles. The standard InChI is InChI=1S/C23H21ClN4O2/c24-19-5-2-18(3-6-19)4-9-22(16-27-15-13-25-17-27)30-21-10-7-20(8-11-21)28-14-1-12-26-23(28)29/h1-3,5-8,10-15,17,22H,4,9,16H2. The Morgan fingerprint density at radius 1 is 1.00 bits per heavy atom. The number of hydrogen-bond acceptors (Lipinski definition) is 4. The Morgan fingerprint density at radius 3 is 2.50 bits per heavy atom. The highest BCUT2D eigenvalue weighted by Crippen LogP contribution is 2.19. The minimum Gasteiger partial charge on any atom is -0.489 e. The van der Waals surface area contributed by atoms with Crippen LogP contribution < -0.4 is 10.4 Å². The average Bonchev–Trinajstić information content (AvgIpc) is 3.27. The third-order valence-electron chi connectivity index (χ3n) is 4.77. The summed E-state index contributed by atoms with van der Waals surface area (Å²) in [6.45, 7) is 0.692. The maximum absolute atomic E-state index is 11.9. The van der Waals surface area contributed by atoms with Gasteiger partial charge in [0, 0.05) is 29.8 Å². The SMILES string of the molecule is O=c1ncccn1-c1ccc(OC(CCc2ccc(Cl)cc2)Cn2ccnc2)cc1. The molecule has 0 aliphatic heterocycles. The summed E-state index contributed by atoms with van der Waals surface area (Å²) < 4.78 is 9.78. The maximum atomic E-state index is 11.9. The summed E-state index contributed by atoms with van der Waals surface area (Å²) >= 11 is 5.98. The van der Waals surface area contributed by atoms with Crippen molar-refractivity contribution in [3.8, 4) is 11.4 Å². The fourth-order valence-corrected chi connectivity index (χ4v) is 3.35. The molecular weight excluding hydrogens is 400 g/mol. The Kier molecular flexibility index (Phi) is 6.25. The molecule has 0 bridgehead atoms. The van der Waals surface area contributed by atoms with Crippen molar-refractivity contribution in [2.45, 2.75) is 25.5 Å². The first-order chi connectivity index (χ1) is 14.7. The number of halogens is 1. The zero-order valence-electron chi connectivity index (χ0n) is 16.3. The monoisotopic (exact) mass is 420 g/mol. The number of aromatic nitrogens is 4. The Hall–Kier alpha value is -3.38. The summed E-state index contributed by atoms with van der Waals surface area (Å²) in [5, 5.41) is 0.734. The van der Waals surface area contributed by atoms with Gasteiger partial charge in [0.2, 0.25) is 0 Å². The van der Waals surface area contributed by atoms with Crippen LogP contribution in [0.25, 0.3) is 5.69 Å². The number of rotatable bonds is 8. The van der Waals surface area contributed by atoms with Crippen LogP contribution in [0.3, 0.4) is 0 Å². The van der Waals surface area contributed by atoms with E-state index in [1.807, 2.05) is 59.3 Å². The van der Waals surface area contributed by atoms with Crippen molar-refractivity contribution < 1.29 is 4.74 Å². The largest absolute Gasteiger partial charge is 0.489 e. The maximum Gasteiger partial charge on any atom is 0.352 e. The van der Waals surface area contributed by atoms with E-state index < -0.39 is 0 Å². The first-order valence-corrected chi connectivity index (χ1v) is 10.1. The van der Waals surface area contributed by atoms with Gasteiger partial charge in [-0.2, -0.15) is 0 Å². The van der Waals surface area contributed by atoms with Crippen molar-refractivity contribution in [1.29, 1.82) is 0 Å². The first-order valence-electron chi connectivity index (χ1n) is 9.68. The van der Waals surface area contributed by atoms with E-state index in [0.29, 0.717) is 6.54 Å². The van der Waals surface area contributed by atoms with Gasteiger partial charge in [-0.15, -0.1) is 0 Å². The lowest BCUT2D eigenvalue weighted by Gasteiger charge is -2.20. The van der Waals surface area contributed by atoms with E-state index in [1.54, 1.807) is 24.8 Å². The van der Waals surface area contributed by atoms with Crippen molar-refractivity contribution in [2.75, 3.05) is 0 Å². The van der Waals surface area contributed by atoms with Crippen LogP contribution in [0.1, 0.15) is 12.0 Å². The second-order valence-corrected chi connectivity index (χ2v) is 7.37. The lowest BCUT2D eigenvalue weighted by atomic mass is 10.1. The predicted octanol–water partition coefficient (Wildman–Crippen LogP) is 4.16. The van der Waals surface area contributed by atoms with Crippen LogP contribution in [0, 0.1) is 0 Å². The second-order valence-electron chi connectivity index (χ2n) is 6.93.